The van der Waals surface area contributed by atoms with Crippen molar-refractivity contribution >= 4 is 12.4 Å². The summed E-state index contributed by atoms with van der Waals surface area (Å²) >= 11 is 0. The third kappa shape index (κ3) is 3.11. The molecule has 1 aliphatic heterocycles. The van der Waals surface area contributed by atoms with Crippen molar-refractivity contribution < 1.29 is 24.2 Å². The SMILES string of the molecule is CC(C)(C)OC(=O)N1CCO[C@@H]2Cc3c(ccc(C=O)c3O)CC21. The van der Waals surface area contributed by atoms with E-state index in [1.807, 2.05) is 26.8 Å². The zero-order valence-electron chi connectivity index (χ0n) is 14.2. The minimum absolute atomic E-state index is 0.0268. The van der Waals surface area contributed by atoms with Crippen LogP contribution in [0.5, 0.6) is 5.75 Å². The van der Waals surface area contributed by atoms with E-state index >= 15 is 0 Å². The van der Waals surface area contributed by atoms with Crippen LogP contribution in [0.4, 0.5) is 4.79 Å². The third-order valence-corrected chi connectivity index (χ3v) is 4.49. The number of phenolic OH excluding ortho intramolecular Hbond substituents is 1. The van der Waals surface area contributed by atoms with Crippen molar-refractivity contribution in [1.29, 1.82) is 0 Å². The number of aldehydes is 1. The summed E-state index contributed by atoms with van der Waals surface area (Å²) in [4.78, 5) is 25.2. The van der Waals surface area contributed by atoms with Gasteiger partial charge in [0.2, 0.25) is 0 Å². The highest BCUT2D eigenvalue weighted by Gasteiger charge is 2.41. The Morgan fingerprint density at radius 3 is 2.79 bits per heavy atom. The van der Waals surface area contributed by atoms with Gasteiger partial charge < -0.3 is 14.6 Å². The number of aromatic hydroxyl groups is 1. The minimum Gasteiger partial charge on any atom is -0.507 e. The summed E-state index contributed by atoms with van der Waals surface area (Å²) in [6.45, 7) is 6.46. The van der Waals surface area contributed by atoms with Crippen molar-refractivity contribution in [1.82, 2.24) is 4.90 Å². The molecule has 1 N–H and O–H groups in total. The maximum atomic E-state index is 12.5. The second-order valence-corrected chi connectivity index (χ2v) is 7.32. The highest BCUT2D eigenvalue weighted by molar-refractivity contribution is 5.80. The Kier molecular flexibility index (Phi) is 4.25. The molecule has 0 radical (unpaired) electrons. The molecule has 3 rings (SSSR count). The number of carbonyl (C=O) groups excluding carboxylic acids is 2. The molecule has 1 fully saturated rings. The Hall–Kier alpha value is -2.08. The lowest BCUT2D eigenvalue weighted by Crippen LogP contribution is -2.57. The van der Waals surface area contributed by atoms with Crippen molar-refractivity contribution in [3.05, 3.63) is 28.8 Å². The largest absolute Gasteiger partial charge is 0.507 e. The molecule has 24 heavy (non-hydrogen) atoms. The van der Waals surface area contributed by atoms with Gasteiger partial charge in [0, 0.05) is 18.5 Å². The van der Waals surface area contributed by atoms with Gasteiger partial charge in [-0.25, -0.2) is 4.79 Å². The van der Waals surface area contributed by atoms with Crippen molar-refractivity contribution in [3.63, 3.8) is 0 Å². The molecule has 1 heterocycles. The summed E-state index contributed by atoms with van der Waals surface area (Å²) in [7, 11) is 0. The van der Waals surface area contributed by atoms with Crippen LogP contribution in [0.15, 0.2) is 12.1 Å². The number of amides is 1. The van der Waals surface area contributed by atoms with Crippen molar-refractivity contribution in [2.75, 3.05) is 13.2 Å². The Balaban J connectivity index is 1.87. The van der Waals surface area contributed by atoms with Crippen LogP contribution in [-0.4, -0.2) is 53.3 Å². The second-order valence-electron chi connectivity index (χ2n) is 7.32. The first-order chi connectivity index (χ1) is 11.3. The van der Waals surface area contributed by atoms with Gasteiger partial charge in [0.1, 0.15) is 11.4 Å². The molecule has 1 saturated heterocycles. The maximum Gasteiger partial charge on any atom is 0.410 e. The van der Waals surface area contributed by atoms with Gasteiger partial charge in [-0.15, -0.1) is 0 Å². The number of morpholine rings is 1. The van der Waals surface area contributed by atoms with Crippen LogP contribution < -0.4 is 0 Å². The lowest BCUT2D eigenvalue weighted by atomic mass is 9.83. The van der Waals surface area contributed by atoms with E-state index in [1.165, 1.54) is 0 Å². The average molecular weight is 333 g/mol. The van der Waals surface area contributed by atoms with Crippen LogP contribution in [0.2, 0.25) is 0 Å². The summed E-state index contributed by atoms with van der Waals surface area (Å²) in [5.41, 5.74) is 1.42. The average Bonchev–Trinajstić information content (AvgIpc) is 2.51. The first kappa shape index (κ1) is 16.8. The first-order valence-electron chi connectivity index (χ1n) is 8.20. The molecule has 1 amide bonds. The van der Waals surface area contributed by atoms with E-state index in [-0.39, 0.29) is 29.6 Å². The quantitative estimate of drug-likeness (QED) is 0.798. The topological polar surface area (TPSA) is 76.1 Å². The number of fused-ring (bicyclic) bond motifs is 2. The smallest absolute Gasteiger partial charge is 0.410 e. The van der Waals surface area contributed by atoms with Gasteiger partial charge in [0.05, 0.1) is 24.3 Å². The Morgan fingerprint density at radius 2 is 2.12 bits per heavy atom. The molecule has 0 bridgehead atoms. The summed E-state index contributed by atoms with van der Waals surface area (Å²) in [6.07, 6.45) is 1.17. The number of carbonyl (C=O) groups is 2. The molecule has 0 spiro atoms. The fraction of sp³-hybridized carbons (Fsp3) is 0.556. The van der Waals surface area contributed by atoms with Crippen LogP contribution in [0.25, 0.3) is 0 Å². The van der Waals surface area contributed by atoms with Gasteiger partial charge in [-0.05, 0) is 38.8 Å². The van der Waals surface area contributed by atoms with Gasteiger partial charge >= 0.3 is 6.09 Å². The number of rotatable bonds is 1. The van der Waals surface area contributed by atoms with Crippen LogP contribution in [0, 0.1) is 0 Å². The lowest BCUT2D eigenvalue weighted by molar-refractivity contribution is -0.0783. The third-order valence-electron chi connectivity index (χ3n) is 4.49. The lowest BCUT2D eigenvalue weighted by Gasteiger charge is -2.44. The van der Waals surface area contributed by atoms with Gasteiger partial charge in [-0.2, -0.15) is 0 Å². The molecule has 1 aliphatic carbocycles. The molecule has 6 nitrogen and oxygen atoms in total. The number of benzene rings is 1. The van der Waals surface area contributed by atoms with Gasteiger partial charge in [-0.1, -0.05) is 6.07 Å². The molecule has 1 aromatic rings. The number of phenols is 1. The second kappa shape index (κ2) is 6.09. The maximum absolute atomic E-state index is 12.5. The first-order valence-corrected chi connectivity index (χ1v) is 8.20. The number of nitrogens with zero attached hydrogens (tertiary/aromatic N) is 1. The minimum atomic E-state index is -0.547. The number of hydrogen-bond donors (Lipinski definition) is 1. The normalized spacial score (nSPS) is 23.2. The number of hydrogen-bond acceptors (Lipinski definition) is 5. The summed E-state index contributed by atoms with van der Waals surface area (Å²) in [5, 5.41) is 10.3. The van der Waals surface area contributed by atoms with Crippen LogP contribution >= 0.6 is 0 Å². The van der Waals surface area contributed by atoms with E-state index < -0.39 is 5.60 Å². The molecule has 0 saturated carbocycles. The predicted molar refractivity (Wildman–Crippen MR) is 87.4 cm³/mol. The van der Waals surface area contributed by atoms with Crippen LogP contribution in [0.3, 0.4) is 0 Å². The van der Waals surface area contributed by atoms with Gasteiger partial charge in [0.25, 0.3) is 0 Å². The molecular formula is C18H23NO5. The van der Waals surface area contributed by atoms with Gasteiger partial charge in [0.15, 0.2) is 6.29 Å². The molecule has 130 valence electrons. The monoisotopic (exact) mass is 333 g/mol. The fourth-order valence-corrected chi connectivity index (χ4v) is 3.40. The molecule has 6 heteroatoms. The zero-order chi connectivity index (χ0) is 17.5. The van der Waals surface area contributed by atoms with E-state index in [0.29, 0.717) is 32.3 Å². The molecule has 2 atom stereocenters. The molecule has 1 unspecified atom stereocenters. The Labute approximate surface area is 141 Å². The standard InChI is InChI=1S/C18H23NO5/c1-18(2,3)24-17(22)19-6-7-23-15-9-13-11(8-14(15)19)4-5-12(10-20)16(13)21/h4-5,10,14-15,21H,6-9H2,1-3H3/t14?,15-/m1/s1. The van der Waals surface area contributed by atoms with E-state index in [9.17, 15) is 14.7 Å². The van der Waals surface area contributed by atoms with E-state index in [0.717, 1.165) is 11.1 Å². The van der Waals surface area contributed by atoms with E-state index in [1.54, 1.807) is 11.0 Å². The predicted octanol–water partition coefficient (Wildman–Crippen LogP) is 2.31. The van der Waals surface area contributed by atoms with E-state index in [4.69, 9.17) is 9.47 Å². The summed E-state index contributed by atoms with van der Waals surface area (Å²) < 4.78 is 11.3. The Morgan fingerprint density at radius 1 is 1.38 bits per heavy atom. The Bertz CT molecular complexity index is 664. The van der Waals surface area contributed by atoms with Crippen molar-refractivity contribution in [2.45, 2.75) is 51.4 Å². The van der Waals surface area contributed by atoms with Crippen molar-refractivity contribution in [3.8, 4) is 5.75 Å². The number of ether oxygens (including phenoxy) is 2. The highest BCUT2D eigenvalue weighted by atomic mass is 16.6. The molecule has 1 aromatic carbocycles. The molecule has 2 aliphatic rings. The fourth-order valence-electron chi connectivity index (χ4n) is 3.40. The molecule has 0 aromatic heterocycles. The molecular weight excluding hydrogens is 310 g/mol. The summed E-state index contributed by atoms with van der Waals surface area (Å²) in [5.74, 6) is 0.0268. The van der Waals surface area contributed by atoms with Crippen molar-refractivity contribution in [2.24, 2.45) is 0 Å². The summed E-state index contributed by atoms with van der Waals surface area (Å²) in [6, 6.07) is 3.34. The zero-order valence-corrected chi connectivity index (χ0v) is 14.2. The van der Waals surface area contributed by atoms with Crippen LogP contribution in [0.1, 0.15) is 42.3 Å². The van der Waals surface area contributed by atoms with Gasteiger partial charge in [-0.3, -0.25) is 9.69 Å². The van der Waals surface area contributed by atoms with Crippen LogP contribution in [-0.2, 0) is 22.3 Å². The van der Waals surface area contributed by atoms with E-state index in [2.05, 4.69) is 0 Å². The highest BCUT2D eigenvalue weighted by Crippen LogP contribution is 2.35.